The molecular weight excluding hydrogens is 524 g/mol. The summed E-state index contributed by atoms with van der Waals surface area (Å²) in [5.41, 5.74) is 0.496. The van der Waals surface area contributed by atoms with E-state index >= 15 is 0 Å². The zero-order valence-electron chi connectivity index (χ0n) is 22.3. The Morgan fingerprint density at radius 1 is 1.12 bits per heavy atom. The maximum Gasteiger partial charge on any atom is 0.334 e. The van der Waals surface area contributed by atoms with E-state index in [4.69, 9.17) is 14.0 Å². The summed E-state index contributed by atoms with van der Waals surface area (Å²) in [6.07, 6.45) is 1.56. The summed E-state index contributed by atoms with van der Waals surface area (Å²) in [6, 6.07) is 5.89. The minimum Gasteiger partial charge on any atom is -0.495 e. The Morgan fingerprint density at radius 3 is 2.60 bits per heavy atom. The molecule has 0 bridgehead atoms. The van der Waals surface area contributed by atoms with Gasteiger partial charge in [-0.15, -0.1) is 0 Å². The number of rotatable bonds is 10. The van der Waals surface area contributed by atoms with Crippen LogP contribution < -0.4 is 9.64 Å². The smallest absolute Gasteiger partial charge is 0.334 e. The van der Waals surface area contributed by atoms with Crippen molar-refractivity contribution < 1.29 is 38.0 Å². The van der Waals surface area contributed by atoms with Crippen molar-refractivity contribution in [3.05, 3.63) is 36.0 Å². The highest BCUT2D eigenvalue weighted by Gasteiger charge is 2.46. The fraction of sp³-hybridized carbons (Fsp3) is 0.500. The van der Waals surface area contributed by atoms with Gasteiger partial charge in [-0.2, -0.15) is 4.98 Å². The number of para-hydroxylation sites is 2. The second-order valence-electron chi connectivity index (χ2n) is 9.93. The molecule has 1 unspecified atom stereocenters. The molecule has 0 spiro atoms. The summed E-state index contributed by atoms with van der Waals surface area (Å²) >= 11 is 0. The predicted octanol–water partition coefficient (Wildman–Crippen LogP) is 0.602. The molecule has 2 saturated heterocycles. The molecule has 2 aromatic rings. The fourth-order valence-electron chi connectivity index (χ4n) is 4.82. The highest BCUT2D eigenvalue weighted by atomic mass is 16.5. The van der Waals surface area contributed by atoms with E-state index < -0.39 is 23.8 Å². The summed E-state index contributed by atoms with van der Waals surface area (Å²) in [7, 11) is 1.50. The fourth-order valence-corrected chi connectivity index (χ4v) is 4.82. The van der Waals surface area contributed by atoms with Gasteiger partial charge in [-0.05, 0) is 30.9 Å². The molecule has 14 heteroatoms. The third-order valence-electron chi connectivity index (χ3n) is 7.09. The van der Waals surface area contributed by atoms with Gasteiger partial charge in [0.15, 0.2) is 5.82 Å². The molecule has 1 aromatic carbocycles. The van der Waals surface area contributed by atoms with Crippen LogP contribution in [0.1, 0.15) is 31.5 Å². The third-order valence-corrected chi connectivity index (χ3v) is 7.09. The number of aromatic nitrogens is 2. The average molecular weight is 555 g/mol. The Bertz CT molecular complexity index is 1320. The summed E-state index contributed by atoms with van der Waals surface area (Å²) in [5.74, 6) is -1.70. The number of amides is 6. The number of methoxy groups -OCH3 is 1. The van der Waals surface area contributed by atoms with Gasteiger partial charge in [0.2, 0.25) is 17.7 Å². The van der Waals surface area contributed by atoms with Crippen molar-refractivity contribution in [2.45, 2.75) is 38.8 Å². The molecule has 3 heterocycles. The highest BCUT2D eigenvalue weighted by Crippen LogP contribution is 2.32. The SMILES string of the molecule is COc1ccccc1N(CC1COCCN1C(C)=O)C(=O)Cc1noc(CN2C(=O)C(=O)N(CC3CC3)C2=O)n1. The van der Waals surface area contributed by atoms with Gasteiger partial charge in [0, 0.05) is 26.6 Å². The molecule has 2 aliphatic heterocycles. The first-order chi connectivity index (χ1) is 19.3. The van der Waals surface area contributed by atoms with E-state index in [2.05, 4.69) is 10.1 Å². The van der Waals surface area contributed by atoms with Crippen LogP contribution in [0.2, 0.25) is 0 Å². The van der Waals surface area contributed by atoms with Gasteiger partial charge in [-0.1, -0.05) is 17.3 Å². The molecule has 1 saturated carbocycles. The van der Waals surface area contributed by atoms with E-state index in [1.54, 1.807) is 29.2 Å². The van der Waals surface area contributed by atoms with Crippen LogP contribution in [-0.4, -0.2) is 100 Å². The second kappa shape index (κ2) is 11.4. The van der Waals surface area contributed by atoms with E-state index in [1.165, 1.54) is 18.9 Å². The van der Waals surface area contributed by atoms with Gasteiger partial charge >= 0.3 is 17.8 Å². The van der Waals surface area contributed by atoms with Gasteiger partial charge in [0.1, 0.15) is 12.3 Å². The highest BCUT2D eigenvalue weighted by molar-refractivity contribution is 6.44. The zero-order chi connectivity index (χ0) is 28.4. The molecule has 3 fully saturated rings. The Labute approximate surface area is 229 Å². The van der Waals surface area contributed by atoms with Crippen LogP contribution in [0.4, 0.5) is 10.5 Å². The molecule has 0 radical (unpaired) electrons. The molecule has 3 aliphatic rings. The first kappa shape index (κ1) is 27.2. The summed E-state index contributed by atoms with van der Waals surface area (Å²) in [5, 5.41) is 3.85. The van der Waals surface area contributed by atoms with Crippen LogP contribution >= 0.6 is 0 Å². The monoisotopic (exact) mass is 554 g/mol. The Morgan fingerprint density at radius 2 is 1.88 bits per heavy atom. The van der Waals surface area contributed by atoms with Gasteiger partial charge < -0.3 is 23.8 Å². The Balaban J connectivity index is 1.31. The van der Waals surface area contributed by atoms with E-state index in [-0.39, 0.29) is 62.2 Å². The third kappa shape index (κ3) is 5.66. The zero-order valence-corrected chi connectivity index (χ0v) is 22.3. The first-order valence-corrected chi connectivity index (χ1v) is 13.0. The Kier molecular flexibility index (Phi) is 7.78. The number of carbonyl (C=O) groups is 5. The summed E-state index contributed by atoms with van der Waals surface area (Å²) < 4.78 is 16.3. The predicted molar refractivity (Wildman–Crippen MR) is 136 cm³/mol. The molecule has 1 aromatic heterocycles. The van der Waals surface area contributed by atoms with Crippen LogP contribution in [-0.2, 0) is 36.9 Å². The van der Waals surface area contributed by atoms with Crippen LogP contribution in [0.3, 0.4) is 0 Å². The first-order valence-electron chi connectivity index (χ1n) is 13.0. The Hall–Kier alpha value is -4.33. The lowest BCUT2D eigenvalue weighted by Crippen LogP contribution is -2.54. The molecule has 6 amide bonds. The standard InChI is InChI=1S/C26H30N6O8/c1-16(33)29-9-10-39-15-18(29)13-30(19-5-3-4-6-20(19)38-2)23(34)11-21-27-22(40-28-21)14-32-25(36)24(35)31(26(32)37)12-17-7-8-17/h3-6,17-18H,7-15H2,1-2H3. The lowest BCUT2D eigenvalue weighted by atomic mass is 10.1. The quantitative estimate of drug-likeness (QED) is 0.301. The van der Waals surface area contributed by atoms with Crippen molar-refractivity contribution in [1.29, 1.82) is 0 Å². The number of ether oxygens (including phenoxy) is 2. The van der Waals surface area contributed by atoms with Gasteiger partial charge in [-0.25, -0.2) is 9.69 Å². The minimum absolute atomic E-state index is 0.0310. The van der Waals surface area contributed by atoms with Crippen molar-refractivity contribution in [2.75, 3.05) is 44.9 Å². The number of nitrogens with zero attached hydrogens (tertiary/aromatic N) is 6. The topological polar surface area (TPSA) is 156 Å². The molecule has 1 atom stereocenters. The van der Waals surface area contributed by atoms with Crippen LogP contribution in [0.15, 0.2) is 28.8 Å². The molecular formula is C26H30N6O8. The van der Waals surface area contributed by atoms with Crippen molar-refractivity contribution in [3.8, 4) is 5.75 Å². The van der Waals surface area contributed by atoms with Gasteiger partial charge in [-0.3, -0.25) is 24.1 Å². The molecule has 0 N–H and O–H groups in total. The largest absolute Gasteiger partial charge is 0.495 e. The normalized spacial score (nSPS) is 19.4. The lowest BCUT2D eigenvalue weighted by molar-refractivity contribution is -0.143. The second-order valence-corrected chi connectivity index (χ2v) is 9.93. The maximum atomic E-state index is 13.6. The maximum absolute atomic E-state index is 13.6. The lowest BCUT2D eigenvalue weighted by Gasteiger charge is -2.38. The van der Waals surface area contributed by atoms with Crippen molar-refractivity contribution >= 4 is 35.3 Å². The number of hydrogen-bond acceptors (Lipinski definition) is 10. The van der Waals surface area contributed by atoms with Crippen LogP contribution in [0.5, 0.6) is 5.75 Å². The molecule has 1 aliphatic carbocycles. The summed E-state index contributed by atoms with van der Waals surface area (Å²) in [4.78, 5) is 72.3. The number of anilines is 1. The number of morpholine rings is 1. The van der Waals surface area contributed by atoms with Gasteiger partial charge in [0.25, 0.3) is 0 Å². The van der Waals surface area contributed by atoms with Crippen LogP contribution in [0.25, 0.3) is 0 Å². The van der Waals surface area contributed by atoms with Gasteiger partial charge in [0.05, 0.1) is 38.5 Å². The molecule has 40 heavy (non-hydrogen) atoms. The van der Waals surface area contributed by atoms with E-state index in [1.807, 2.05) is 0 Å². The molecule has 212 valence electrons. The van der Waals surface area contributed by atoms with Crippen molar-refractivity contribution in [1.82, 2.24) is 24.8 Å². The van der Waals surface area contributed by atoms with E-state index in [0.717, 1.165) is 22.6 Å². The number of hydrogen-bond donors (Lipinski definition) is 0. The molecule has 14 nitrogen and oxygen atoms in total. The number of imide groups is 2. The van der Waals surface area contributed by atoms with Crippen molar-refractivity contribution in [3.63, 3.8) is 0 Å². The number of benzene rings is 1. The van der Waals surface area contributed by atoms with E-state index in [9.17, 15) is 24.0 Å². The summed E-state index contributed by atoms with van der Waals surface area (Å²) in [6.45, 7) is 2.54. The van der Waals surface area contributed by atoms with E-state index in [0.29, 0.717) is 24.6 Å². The number of carbonyl (C=O) groups excluding carboxylic acids is 5. The van der Waals surface area contributed by atoms with Crippen molar-refractivity contribution in [2.24, 2.45) is 5.92 Å². The molecule has 5 rings (SSSR count). The minimum atomic E-state index is -0.950. The van der Waals surface area contributed by atoms with Crippen LogP contribution in [0, 0.1) is 5.92 Å². The average Bonchev–Trinajstić information content (AvgIpc) is 3.64. The number of urea groups is 1.